The lowest BCUT2D eigenvalue weighted by Gasteiger charge is -2.18. The van der Waals surface area contributed by atoms with Crippen molar-refractivity contribution in [2.75, 3.05) is 0 Å². The van der Waals surface area contributed by atoms with Crippen LogP contribution in [0.2, 0.25) is 0 Å². The molecule has 0 aliphatic carbocycles. The lowest BCUT2D eigenvalue weighted by molar-refractivity contribution is 0.00123. The predicted octanol–water partition coefficient (Wildman–Crippen LogP) is 4.66. The monoisotopic (exact) mass is 235 g/mol. The van der Waals surface area contributed by atoms with Gasteiger partial charge in [-0.05, 0) is 53.1 Å². The van der Waals surface area contributed by atoms with Gasteiger partial charge in [0.2, 0.25) is 0 Å². The molecule has 18 heavy (non-hydrogen) atoms. The van der Waals surface area contributed by atoms with Crippen molar-refractivity contribution < 1.29 is 5.11 Å². The van der Waals surface area contributed by atoms with Crippen molar-refractivity contribution in [2.24, 2.45) is 0 Å². The van der Waals surface area contributed by atoms with Gasteiger partial charge in [0.15, 0.2) is 0 Å². The highest BCUT2D eigenvalue weighted by Gasteiger charge is 2.20. The highest BCUT2D eigenvalue weighted by atomic mass is 16.3. The molecule has 0 spiro atoms. The summed E-state index contributed by atoms with van der Waals surface area (Å²) < 4.78 is 0. The van der Waals surface area contributed by atoms with Gasteiger partial charge in [-0.2, -0.15) is 0 Å². The summed E-state index contributed by atoms with van der Waals surface area (Å²) in [4.78, 5) is 0. The first-order valence-corrected chi connectivity index (χ1v) is 6.18. The summed E-state index contributed by atoms with van der Waals surface area (Å²) in [6.07, 6.45) is 0. The summed E-state index contributed by atoms with van der Waals surface area (Å²) in [6, 6.07) is 18.5. The number of rotatable bonds is 1. The van der Waals surface area contributed by atoms with Crippen LogP contribution in [-0.2, 0) is 10.7 Å². The van der Waals surface area contributed by atoms with Crippen LogP contribution in [0.1, 0.15) is 19.4 Å². The zero-order valence-corrected chi connectivity index (χ0v) is 10.6. The Balaban J connectivity index is 2.44. The minimum atomic E-state index is -1.07. The molecule has 0 fully saturated rings. The van der Waals surface area contributed by atoms with Gasteiger partial charge in [0, 0.05) is 0 Å². The van der Waals surface area contributed by atoms with Crippen molar-refractivity contribution in [3.63, 3.8) is 0 Å². The van der Waals surface area contributed by atoms with E-state index >= 15 is 0 Å². The Bertz CT molecular complexity index is 720. The van der Waals surface area contributed by atoms with E-state index in [1.165, 1.54) is 10.8 Å². The minimum Gasteiger partial charge on any atom is -0.225 e. The van der Waals surface area contributed by atoms with Crippen molar-refractivity contribution in [2.45, 2.75) is 19.4 Å². The van der Waals surface area contributed by atoms with Crippen LogP contribution in [0.3, 0.4) is 0 Å². The maximum absolute atomic E-state index is 12.3. The van der Waals surface area contributed by atoms with Gasteiger partial charge >= 0.3 is 0 Å². The number of hydrogen-bond donors (Lipinski definition) is 0. The molecule has 0 unspecified atom stereocenters. The lowest BCUT2D eigenvalue weighted by atomic mass is 9.91. The summed E-state index contributed by atoms with van der Waals surface area (Å²) in [6.45, 7) is 3.44. The molecule has 0 atom stereocenters. The smallest absolute Gasteiger partial charge is 0.123 e. The quantitative estimate of drug-likeness (QED) is 0.547. The molecule has 0 amide bonds. The van der Waals surface area contributed by atoms with Crippen LogP contribution < -0.4 is 0 Å². The van der Waals surface area contributed by atoms with Gasteiger partial charge in [-0.25, -0.2) is 5.11 Å². The molecule has 0 aromatic heterocycles. The van der Waals surface area contributed by atoms with E-state index in [-0.39, 0.29) is 0 Å². The van der Waals surface area contributed by atoms with E-state index in [9.17, 15) is 5.11 Å². The number of fused-ring (bicyclic) bond motifs is 2. The van der Waals surface area contributed by atoms with Gasteiger partial charge in [-0.15, -0.1) is 0 Å². The van der Waals surface area contributed by atoms with Crippen molar-refractivity contribution in [1.29, 1.82) is 0 Å². The molecule has 1 nitrogen and oxygen atoms in total. The maximum atomic E-state index is 12.3. The van der Waals surface area contributed by atoms with E-state index in [1.54, 1.807) is 13.8 Å². The maximum Gasteiger partial charge on any atom is 0.123 e. The molecule has 3 aromatic carbocycles. The fraction of sp³-hybridized carbons (Fsp3) is 0.176. The Morgan fingerprint density at radius 3 is 2.06 bits per heavy atom. The molecule has 1 radical (unpaired) electrons. The number of hydrogen-bond acceptors (Lipinski definition) is 0. The lowest BCUT2D eigenvalue weighted by Crippen LogP contribution is -2.13. The van der Waals surface area contributed by atoms with Gasteiger partial charge in [-0.1, -0.05) is 42.5 Å². The Kier molecular flexibility index (Phi) is 2.39. The van der Waals surface area contributed by atoms with E-state index in [0.29, 0.717) is 0 Å². The van der Waals surface area contributed by atoms with Crippen LogP contribution in [0, 0.1) is 0 Å². The van der Waals surface area contributed by atoms with Crippen LogP contribution >= 0.6 is 0 Å². The second-order valence-electron chi connectivity index (χ2n) is 5.24. The van der Waals surface area contributed by atoms with Crippen LogP contribution in [-0.4, -0.2) is 0 Å². The summed E-state index contributed by atoms with van der Waals surface area (Å²) >= 11 is 0. The van der Waals surface area contributed by atoms with Gasteiger partial charge in [0.1, 0.15) is 5.60 Å². The van der Waals surface area contributed by atoms with Crippen LogP contribution in [0.25, 0.3) is 21.5 Å². The molecule has 0 heterocycles. The van der Waals surface area contributed by atoms with Crippen molar-refractivity contribution in [3.05, 3.63) is 60.2 Å². The second-order valence-corrected chi connectivity index (χ2v) is 5.24. The molecule has 3 aromatic rings. The third kappa shape index (κ3) is 1.77. The van der Waals surface area contributed by atoms with E-state index in [4.69, 9.17) is 0 Å². The molecular formula is C17H15O. The normalized spacial score (nSPS) is 12.2. The average Bonchev–Trinajstić information content (AvgIpc) is 2.34. The Morgan fingerprint density at radius 2 is 1.39 bits per heavy atom. The largest absolute Gasteiger partial charge is 0.225 e. The van der Waals surface area contributed by atoms with Crippen LogP contribution in [0.4, 0.5) is 0 Å². The zero-order valence-electron chi connectivity index (χ0n) is 10.6. The van der Waals surface area contributed by atoms with E-state index in [0.717, 1.165) is 16.3 Å². The molecule has 3 rings (SSSR count). The van der Waals surface area contributed by atoms with Crippen molar-refractivity contribution >= 4 is 21.5 Å². The Labute approximate surface area is 107 Å². The summed E-state index contributed by atoms with van der Waals surface area (Å²) in [5.41, 5.74) is -0.201. The van der Waals surface area contributed by atoms with Gasteiger partial charge < -0.3 is 0 Å². The predicted molar refractivity (Wildman–Crippen MR) is 75.2 cm³/mol. The highest BCUT2D eigenvalue weighted by Crippen LogP contribution is 2.31. The molecule has 1 heteroatoms. The first-order valence-electron chi connectivity index (χ1n) is 6.18. The van der Waals surface area contributed by atoms with Crippen molar-refractivity contribution in [3.8, 4) is 0 Å². The first-order chi connectivity index (χ1) is 8.55. The summed E-state index contributed by atoms with van der Waals surface area (Å²) in [5, 5.41) is 16.9. The van der Waals surface area contributed by atoms with Gasteiger partial charge in [0.25, 0.3) is 0 Å². The molecule has 0 aliphatic rings. The van der Waals surface area contributed by atoms with E-state index < -0.39 is 5.60 Å². The molecule has 0 N–H and O–H groups in total. The average molecular weight is 235 g/mol. The minimum absolute atomic E-state index is 0.866. The van der Waals surface area contributed by atoms with Crippen LogP contribution in [0.5, 0.6) is 0 Å². The molecular weight excluding hydrogens is 220 g/mol. The van der Waals surface area contributed by atoms with Gasteiger partial charge in [-0.3, -0.25) is 0 Å². The summed E-state index contributed by atoms with van der Waals surface area (Å²) in [7, 11) is 0. The summed E-state index contributed by atoms with van der Waals surface area (Å²) in [5.74, 6) is 0. The Morgan fingerprint density at radius 1 is 0.778 bits per heavy atom. The first kappa shape index (κ1) is 11.2. The zero-order chi connectivity index (χ0) is 12.8. The highest BCUT2D eigenvalue weighted by molar-refractivity contribution is 5.99. The van der Waals surface area contributed by atoms with E-state index in [2.05, 4.69) is 30.3 Å². The molecule has 0 bridgehead atoms. The molecule has 89 valence electrons. The third-order valence-electron chi connectivity index (χ3n) is 3.40. The van der Waals surface area contributed by atoms with E-state index in [1.807, 2.05) is 24.3 Å². The fourth-order valence-corrected chi connectivity index (χ4v) is 2.49. The topological polar surface area (TPSA) is 19.9 Å². The fourth-order valence-electron chi connectivity index (χ4n) is 2.49. The van der Waals surface area contributed by atoms with Crippen LogP contribution in [0.15, 0.2) is 54.6 Å². The molecule has 0 saturated carbocycles. The second kappa shape index (κ2) is 3.82. The SMILES string of the molecule is CC(C)([O])c1cccc2cc3ccccc3cc12. The standard InChI is InChI=1S/C17H15O/c1-17(2,18)16-9-5-8-14-10-12-6-3-4-7-13(12)11-15(14)16/h3-11H,1-2H3. The molecule has 0 aliphatic heterocycles. The third-order valence-corrected chi connectivity index (χ3v) is 3.40. The van der Waals surface area contributed by atoms with Gasteiger partial charge in [0.05, 0.1) is 0 Å². The number of benzene rings is 3. The molecule has 0 saturated heterocycles. The Hall–Kier alpha value is -1.86. The van der Waals surface area contributed by atoms with Crippen molar-refractivity contribution in [1.82, 2.24) is 0 Å².